The van der Waals surface area contributed by atoms with Crippen LogP contribution >= 0.6 is 0 Å². The lowest BCUT2D eigenvalue weighted by molar-refractivity contribution is -0.114. The van der Waals surface area contributed by atoms with Gasteiger partial charge in [-0.3, -0.25) is 14.4 Å². The fraction of sp³-hybridized carbons (Fsp3) is 0.125. The highest BCUT2D eigenvalue weighted by Gasteiger charge is 2.13. The van der Waals surface area contributed by atoms with Crippen molar-refractivity contribution in [1.82, 2.24) is 0 Å². The van der Waals surface area contributed by atoms with Crippen LogP contribution in [0.1, 0.15) is 34.8 Å². The molecule has 23 heavy (non-hydrogen) atoms. The van der Waals surface area contributed by atoms with Crippen LogP contribution in [0.25, 0.3) is 0 Å². The summed E-state index contributed by atoms with van der Waals surface area (Å²) in [5.74, 6) is -1.54. The number of rotatable bonds is 4. The van der Waals surface area contributed by atoms with E-state index < -0.39 is 11.5 Å². The van der Waals surface area contributed by atoms with Crippen molar-refractivity contribution < 1.29 is 18.8 Å². The monoisotopic (exact) mass is 314 g/mol. The Morgan fingerprint density at radius 1 is 0.957 bits per heavy atom. The predicted molar refractivity (Wildman–Crippen MR) is 83.7 cm³/mol. The summed E-state index contributed by atoms with van der Waals surface area (Å²) in [5, 5.41) is 5.11. The molecule has 0 bridgehead atoms. The van der Waals surface area contributed by atoms with E-state index in [1.165, 1.54) is 19.9 Å². The topological polar surface area (TPSA) is 105 Å². The Balaban J connectivity index is 2.24. The number of nitrogens with one attached hydrogen (secondary N) is 2. The van der Waals surface area contributed by atoms with Gasteiger partial charge in [-0.15, -0.1) is 0 Å². The summed E-state index contributed by atoms with van der Waals surface area (Å²) in [6.07, 6.45) is 0. The largest absolute Gasteiger partial charge is 0.417 e. The number of benzene rings is 1. The molecule has 7 nitrogen and oxygen atoms in total. The Kier molecular flexibility index (Phi) is 4.70. The van der Waals surface area contributed by atoms with E-state index in [-0.39, 0.29) is 23.0 Å². The first kappa shape index (κ1) is 16.2. The van der Waals surface area contributed by atoms with Crippen molar-refractivity contribution in [3.05, 3.63) is 58.1 Å². The molecule has 0 unspecified atom stereocenters. The summed E-state index contributed by atoms with van der Waals surface area (Å²) in [4.78, 5) is 45.9. The molecule has 0 saturated heterocycles. The fourth-order valence-electron chi connectivity index (χ4n) is 1.86. The molecule has 7 heteroatoms. The van der Waals surface area contributed by atoms with Crippen molar-refractivity contribution in [2.24, 2.45) is 0 Å². The summed E-state index contributed by atoms with van der Waals surface area (Å²) in [7, 11) is 0. The van der Waals surface area contributed by atoms with Gasteiger partial charge in [-0.1, -0.05) is 6.07 Å². The van der Waals surface area contributed by atoms with Crippen LogP contribution in [0.4, 0.5) is 11.4 Å². The lowest BCUT2D eigenvalue weighted by Gasteiger charge is -2.07. The number of amides is 2. The van der Waals surface area contributed by atoms with Gasteiger partial charge in [0.2, 0.25) is 5.91 Å². The van der Waals surface area contributed by atoms with Gasteiger partial charge >= 0.3 is 5.63 Å². The first-order valence-corrected chi connectivity index (χ1v) is 6.70. The van der Waals surface area contributed by atoms with Crippen molar-refractivity contribution >= 4 is 29.0 Å². The Morgan fingerprint density at radius 3 is 2.22 bits per heavy atom. The van der Waals surface area contributed by atoms with E-state index in [1.807, 2.05) is 0 Å². The molecule has 118 valence electrons. The van der Waals surface area contributed by atoms with Crippen LogP contribution in [-0.4, -0.2) is 17.6 Å². The van der Waals surface area contributed by atoms with E-state index in [1.54, 1.807) is 24.3 Å². The molecule has 1 aromatic heterocycles. The third kappa shape index (κ3) is 4.37. The van der Waals surface area contributed by atoms with Gasteiger partial charge in [0, 0.05) is 29.9 Å². The Bertz CT molecular complexity index is 838. The van der Waals surface area contributed by atoms with Crippen LogP contribution in [-0.2, 0) is 4.79 Å². The van der Waals surface area contributed by atoms with Crippen molar-refractivity contribution in [2.45, 2.75) is 13.8 Å². The first-order valence-electron chi connectivity index (χ1n) is 6.70. The summed E-state index contributed by atoms with van der Waals surface area (Å²) in [5.41, 5.74) is 0.222. The molecule has 2 aromatic rings. The van der Waals surface area contributed by atoms with Crippen LogP contribution in [0.5, 0.6) is 0 Å². The number of carbonyl (C=O) groups is 3. The van der Waals surface area contributed by atoms with Crippen LogP contribution < -0.4 is 16.3 Å². The molecule has 0 aliphatic heterocycles. The van der Waals surface area contributed by atoms with E-state index in [4.69, 9.17) is 4.42 Å². The standard InChI is InChI=1S/C16H14N2O5/c1-9(19)11-6-14(23-15(21)7-11)16(22)18-13-5-3-4-12(8-13)17-10(2)20/h3-8H,1-2H3,(H,17,20)(H,18,22). The van der Waals surface area contributed by atoms with Gasteiger partial charge in [0.15, 0.2) is 11.5 Å². The van der Waals surface area contributed by atoms with Gasteiger partial charge in [0.25, 0.3) is 5.91 Å². The molecule has 0 aliphatic rings. The molecule has 1 aromatic carbocycles. The van der Waals surface area contributed by atoms with Gasteiger partial charge in [-0.05, 0) is 31.2 Å². The molecule has 1 heterocycles. The second-order valence-corrected chi connectivity index (χ2v) is 4.80. The third-order valence-corrected chi connectivity index (χ3v) is 2.84. The Labute approximate surface area is 131 Å². The highest BCUT2D eigenvalue weighted by Crippen LogP contribution is 2.16. The van der Waals surface area contributed by atoms with Crippen LogP contribution in [0.3, 0.4) is 0 Å². The van der Waals surface area contributed by atoms with E-state index in [0.29, 0.717) is 11.4 Å². The van der Waals surface area contributed by atoms with Gasteiger partial charge in [0.05, 0.1) is 0 Å². The molecule has 0 saturated carbocycles. The molecule has 2 rings (SSSR count). The molecule has 0 atom stereocenters. The van der Waals surface area contributed by atoms with Crippen molar-refractivity contribution in [1.29, 1.82) is 0 Å². The maximum absolute atomic E-state index is 12.1. The minimum atomic E-state index is -0.783. The molecule has 0 spiro atoms. The number of anilines is 2. The second-order valence-electron chi connectivity index (χ2n) is 4.80. The highest BCUT2D eigenvalue weighted by atomic mass is 16.4. The Morgan fingerprint density at radius 2 is 1.61 bits per heavy atom. The number of Topliss-reactive ketones (excluding diaryl/α,β-unsaturated/α-hetero) is 1. The van der Waals surface area contributed by atoms with Crippen molar-refractivity contribution in [3.63, 3.8) is 0 Å². The van der Waals surface area contributed by atoms with Crippen LogP contribution in [0.2, 0.25) is 0 Å². The SMILES string of the molecule is CC(=O)Nc1cccc(NC(=O)c2cc(C(C)=O)cc(=O)o2)c1. The van der Waals surface area contributed by atoms with E-state index in [9.17, 15) is 19.2 Å². The van der Waals surface area contributed by atoms with Gasteiger partial charge in [0.1, 0.15) is 0 Å². The van der Waals surface area contributed by atoms with Crippen molar-refractivity contribution in [2.75, 3.05) is 10.6 Å². The maximum Gasteiger partial charge on any atom is 0.337 e. The number of hydrogen-bond acceptors (Lipinski definition) is 5. The number of ketones is 1. The molecule has 2 amide bonds. The second kappa shape index (κ2) is 6.69. The highest BCUT2D eigenvalue weighted by molar-refractivity contribution is 6.04. The quantitative estimate of drug-likeness (QED) is 0.840. The zero-order valence-corrected chi connectivity index (χ0v) is 12.5. The molecular weight excluding hydrogens is 300 g/mol. The Hall–Kier alpha value is -3.22. The van der Waals surface area contributed by atoms with E-state index >= 15 is 0 Å². The predicted octanol–water partition coefficient (Wildman–Crippen LogP) is 2.05. The maximum atomic E-state index is 12.1. The molecule has 2 N–H and O–H groups in total. The summed E-state index contributed by atoms with van der Waals surface area (Å²) in [6, 6.07) is 8.69. The van der Waals surface area contributed by atoms with Crippen molar-refractivity contribution in [3.8, 4) is 0 Å². The lowest BCUT2D eigenvalue weighted by Crippen LogP contribution is -2.16. The van der Waals surface area contributed by atoms with E-state index in [2.05, 4.69) is 10.6 Å². The van der Waals surface area contributed by atoms with Gasteiger partial charge < -0.3 is 15.1 Å². The summed E-state index contributed by atoms with van der Waals surface area (Å²) >= 11 is 0. The minimum Gasteiger partial charge on any atom is -0.417 e. The summed E-state index contributed by atoms with van der Waals surface area (Å²) in [6.45, 7) is 2.65. The normalized spacial score (nSPS) is 10.0. The fourth-order valence-corrected chi connectivity index (χ4v) is 1.86. The van der Waals surface area contributed by atoms with Gasteiger partial charge in [-0.2, -0.15) is 0 Å². The van der Waals surface area contributed by atoms with Crippen LogP contribution in [0, 0.1) is 0 Å². The average molecular weight is 314 g/mol. The van der Waals surface area contributed by atoms with Crippen LogP contribution in [0.15, 0.2) is 45.6 Å². The lowest BCUT2D eigenvalue weighted by atomic mass is 10.2. The number of carbonyl (C=O) groups excluding carboxylic acids is 3. The molecule has 0 aliphatic carbocycles. The molecular formula is C16H14N2O5. The molecule has 0 radical (unpaired) electrons. The first-order chi connectivity index (χ1) is 10.8. The smallest absolute Gasteiger partial charge is 0.337 e. The number of hydrogen-bond donors (Lipinski definition) is 2. The molecule has 0 fully saturated rings. The summed E-state index contributed by atoms with van der Waals surface area (Å²) < 4.78 is 4.81. The minimum absolute atomic E-state index is 0.0957. The third-order valence-electron chi connectivity index (χ3n) is 2.84. The van der Waals surface area contributed by atoms with E-state index in [0.717, 1.165) is 6.07 Å². The average Bonchev–Trinajstić information content (AvgIpc) is 2.46. The zero-order valence-electron chi connectivity index (χ0n) is 12.5. The zero-order chi connectivity index (χ0) is 17.0. The van der Waals surface area contributed by atoms with Gasteiger partial charge in [-0.25, -0.2) is 4.79 Å².